The van der Waals surface area contributed by atoms with Crippen LogP contribution in [0.15, 0.2) is 191 Å². The van der Waals surface area contributed by atoms with Gasteiger partial charge < -0.3 is 8.83 Å². The van der Waals surface area contributed by atoms with E-state index in [4.69, 9.17) is 8.83 Å². The third kappa shape index (κ3) is 7.98. The second kappa shape index (κ2) is 20.7. The molecule has 0 aliphatic carbocycles. The van der Waals surface area contributed by atoms with Gasteiger partial charge in [0.25, 0.3) is 0 Å². The summed E-state index contributed by atoms with van der Waals surface area (Å²) in [6.07, 6.45) is 0. The van der Waals surface area contributed by atoms with Gasteiger partial charge in [0.2, 0.25) is 0 Å². The highest BCUT2D eigenvalue weighted by atomic mass is 16.3. The van der Waals surface area contributed by atoms with Crippen LogP contribution in [0.3, 0.4) is 0 Å². The number of hydrogen-bond donors (Lipinski definition) is 0. The van der Waals surface area contributed by atoms with Crippen LogP contribution in [0, 0.1) is 0 Å². The highest BCUT2D eigenvalue weighted by Crippen LogP contribution is 2.47. The average molecular weight is 1130 g/mol. The van der Waals surface area contributed by atoms with Crippen molar-refractivity contribution in [2.45, 2.75) is 0 Å². The molecule has 90 heavy (non-hydrogen) atoms. The molecule has 0 saturated heterocycles. The lowest BCUT2D eigenvalue weighted by Gasteiger charge is -2.22. The van der Waals surface area contributed by atoms with E-state index in [9.17, 15) is 0 Å². The van der Waals surface area contributed by atoms with Gasteiger partial charge in [0.1, 0.15) is 132 Å². The van der Waals surface area contributed by atoms with E-state index < -0.39 is 0 Å². The van der Waals surface area contributed by atoms with Gasteiger partial charge in [-0.2, -0.15) is 0 Å². The van der Waals surface area contributed by atoms with Crippen molar-refractivity contribution in [3.63, 3.8) is 0 Å². The lowest BCUT2D eigenvalue weighted by atomic mass is 9.64. The van der Waals surface area contributed by atoms with E-state index in [1.165, 1.54) is 219 Å². The zero-order valence-corrected chi connectivity index (χ0v) is 54.1. The average Bonchev–Trinajstić information content (AvgIpc) is 1.37. The van der Waals surface area contributed by atoms with Crippen LogP contribution in [0.1, 0.15) is 0 Å². The Morgan fingerprint density at radius 1 is 0.178 bits per heavy atom. The third-order valence-electron chi connectivity index (χ3n) is 21.9. The summed E-state index contributed by atoms with van der Waals surface area (Å²) in [5, 5.41) is 17.4. The van der Waals surface area contributed by atoms with Gasteiger partial charge in [0, 0.05) is 21.5 Å². The van der Waals surface area contributed by atoms with Crippen molar-refractivity contribution in [1.29, 1.82) is 0 Å². The molecule has 0 aliphatic rings. The maximum Gasteiger partial charge on any atom is 0.143 e. The summed E-state index contributed by atoms with van der Waals surface area (Å²) in [4.78, 5) is 0. The first-order valence-electron chi connectivity index (χ1n) is 32.0. The fraction of sp³-hybridized carbons (Fsp3) is 0. The summed E-state index contributed by atoms with van der Waals surface area (Å²) in [5.74, 6) is 0. The van der Waals surface area contributed by atoms with E-state index >= 15 is 0 Å². The lowest BCUT2D eigenvalue weighted by Crippen LogP contribution is -2.47. The largest absolute Gasteiger partial charge is 0.457 e. The Morgan fingerprint density at radius 2 is 0.444 bits per heavy atom. The minimum atomic E-state index is 1.01. The van der Waals surface area contributed by atoms with E-state index in [0.29, 0.717) is 0 Å². The molecule has 2 nitrogen and oxygen atoms in total. The number of hydrogen-bond acceptors (Lipinski definition) is 2. The molecule has 0 N–H and O–H groups in total. The molecule has 0 fully saturated rings. The van der Waals surface area contributed by atoms with E-state index in [1.807, 2.05) is 0 Å². The highest BCUT2D eigenvalue weighted by Gasteiger charge is 2.28. The SMILES string of the molecule is Bc1c(B)c(B)c2c(oc3c(B)c(B)c(-c4c5ccccc5c(-c5cccc(-c6ccc7ccc(-c8cccc(-c9c%10ccccc%10c(-c%10c(B)c(B)c%11oc%12c(B)c(B)c(B)c(B)c%12c%11c%10B)c%10ccccc9%10)c8)cc7c6)c5)c5ccccc45)c(B)c32)c1B. The van der Waals surface area contributed by atoms with Crippen LogP contribution in [0.2, 0.25) is 0 Å². The van der Waals surface area contributed by atoms with Crippen molar-refractivity contribution in [1.82, 2.24) is 0 Å². The zero-order valence-electron chi connectivity index (χ0n) is 54.1. The quantitative estimate of drug-likeness (QED) is 0.130. The molecule has 0 atom stereocenters. The summed E-state index contributed by atoms with van der Waals surface area (Å²) >= 11 is 0. The van der Waals surface area contributed by atoms with Gasteiger partial charge in [0.15, 0.2) is 0 Å². The Morgan fingerprint density at radius 3 is 0.778 bits per heavy atom. The molecule has 0 radical (unpaired) electrons. The zero-order chi connectivity index (χ0) is 62.0. The first-order valence-corrected chi connectivity index (χ1v) is 32.0. The number of fused-ring (bicyclic) bond motifs is 11. The van der Waals surface area contributed by atoms with Gasteiger partial charge in [-0.15, -0.1) is 10.9 Å². The smallest absolute Gasteiger partial charge is 0.143 e. The molecule has 0 amide bonds. The maximum atomic E-state index is 6.92. The molecule has 16 aromatic rings. The molecular formula is C74H58B14O2. The standard InChI is InChI=1S/C74H58B14O2/c75-57-51(59(77)67(85)71-53(57)55-61(79)63(81)65(83)69(87)73(55)89-71)49-43-19-5-1-15-39(43)47(40-16-2-6-20-44(40)49)36-13-9-11-32(27-36)34-25-23-31-24-26-35(30-38(31)29-34)33-12-10-14-37(28-33)48-41-17-3-7-21-45(41)50(46-22-8-4-18-42(46)48)52-58(76)54-56-62(80)64(82)66(84)70(88)74(56)90-72(54)68(86)60(52)78/h1-30H,75-88H2. The number of benzene rings is 14. The fourth-order valence-electron chi connectivity index (χ4n) is 16.2. The van der Waals surface area contributed by atoms with Crippen molar-refractivity contribution in [3.8, 4) is 66.8 Å². The van der Waals surface area contributed by atoms with Crippen LogP contribution in [0.25, 0.3) is 165 Å². The lowest BCUT2D eigenvalue weighted by molar-refractivity contribution is 0.674. The van der Waals surface area contributed by atoms with Gasteiger partial charge in [-0.1, -0.05) is 223 Å². The van der Waals surface area contributed by atoms with Crippen LogP contribution in [0.4, 0.5) is 0 Å². The molecule has 14 aromatic carbocycles. The minimum Gasteiger partial charge on any atom is -0.457 e. The van der Waals surface area contributed by atoms with Gasteiger partial charge in [-0.05, 0) is 145 Å². The van der Waals surface area contributed by atoms with Crippen LogP contribution < -0.4 is 76.5 Å². The maximum absolute atomic E-state index is 6.92. The van der Waals surface area contributed by atoms with Crippen LogP contribution in [0.5, 0.6) is 0 Å². The Balaban J connectivity index is 0.805. The normalized spacial score (nSPS) is 12.0. The molecule has 0 saturated carbocycles. The topological polar surface area (TPSA) is 26.3 Å². The molecule has 0 spiro atoms. The van der Waals surface area contributed by atoms with Crippen molar-refractivity contribution < 1.29 is 8.83 Å². The molecule has 408 valence electrons. The van der Waals surface area contributed by atoms with Gasteiger partial charge in [0.05, 0.1) is 0 Å². The van der Waals surface area contributed by atoms with Gasteiger partial charge in [-0.3, -0.25) is 0 Å². The summed E-state index contributed by atoms with van der Waals surface area (Å²) in [6.45, 7) is 0. The fourth-order valence-corrected chi connectivity index (χ4v) is 16.2. The van der Waals surface area contributed by atoms with Crippen LogP contribution in [-0.2, 0) is 0 Å². The van der Waals surface area contributed by atoms with Gasteiger partial charge >= 0.3 is 0 Å². The monoisotopic (exact) mass is 1130 g/mol. The number of rotatable bonds is 6. The molecule has 0 aliphatic heterocycles. The van der Waals surface area contributed by atoms with E-state index in [1.54, 1.807) is 0 Å². The van der Waals surface area contributed by atoms with E-state index in [0.717, 1.165) is 22.3 Å². The molecule has 2 aromatic heterocycles. The summed E-state index contributed by atoms with van der Waals surface area (Å²) in [5.41, 5.74) is 36.7. The molecule has 0 bridgehead atoms. The van der Waals surface area contributed by atoms with Crippen LogP contribution in [-0.4, -0.2) is 110 Å². The third-order valence-corrected chi connectivity index (χ3v) is 21.9. The Labute approximate surface area is 538 Å². The summed E-state index contributed by atoms with van der Waals surface area (Å²) < 4.78 is 13.8. The van der Waals surface area contributed by atoms with Crippen molar-refractivity contribution in [2.75, 3.05) is 0 Å². The predicted molar refractivity (Wildman–Crippen MR) is 436 cm³/mol. The molecule has 16 rings (SSSR count). The summed E-state index contributed by atoms with van der Waals surface area (Å²) in [6, 6.07) is 68.7. The first kappa shape index (κ1) is 56.1. The molecule has 16 heteroatoms. The van der Waals surface area contributed by atoms with Crippen molar-refractivity contribution in [3.05, 3.63) is 182 Å². The molecular weight excluding hydrogens is 1070 g/mol. The minimum absolute atomic E-state index is 1.01. The predicted octanol–water partition coefficient (Wildman–Crippen LogP) is -3.13. The molecule has 0 unspecified atom stereocenters. The van der Waals surface area contributed by atoms with Crippen molar-refractivity contribution >= 4 is 284 Å². The molecule has 2 heterocycles. The number of furan rings is 2. The van der Waals surface area contributed by atoms with Crippen LogP contribution >= 0.6 is 0 Å². The van der Waals surface area contributed by atoms with Crippen molar-refractivity contribution in [2.24, 2.45) is 0 Å². The second-order valence-electron chi connectivity index (χ2n) is 26.1. The highest BCUT2D eigenvalue weighted by molar-refractivity contribution is 6.71. The summed E-state index contributed by atoms with van der Waals surface area (Å²) in [7, 11) is 31.7. The Bertz CT molecular complexity index is 5450. The van der Waals surface area contributed by atoms with E-state index in [2.05, 4.69) is 292 Å². The van der Waals surface area contributed by atoms with E-state index in [-0.39, 0.29) is 0 Å². The van der Waals surface area contributed by atoms with Gasteiger partial charge in [-0.25, -0.2) is 0 Å². The first-order chi connectivity index (χ1) is 43.5. The Kier molecular flexibility index (Phi) is 12.9. The Hall–Kier alpha value is -9.11. The second-order valence-corrected chi connectivity index (χ2v) is 26.1.